The van der Waals surface area contributed by atoms with Crippen molar-refractivity contribution in [1.29, 1.82) is 0 Å². The molecule has 2 aromatic carbocycles. The number of unbranched alkanes of at least 4 members (excludes halogenated alkanes) is 1. The van der Waals surface area contributed by atoms with Crippen LogP contribution in [0.15, 0.2) is 48.6 Å². The van der Waals surface area contributed by atoms with E-state index >= 15 is 0 Å². The summed E-state index contributed by atoms with van der Waals surface area (Å²) >= 11 is 0. The lowest BCUT2D eigenvalue weighted by Crippen LogP contribution is -2.21. The minimum atomic E-state index is -0.357. The second-order valence-electron chi connectivity index (χ2n) is 8.36. The highest BCUT2D eigenvalue weighted by molar-refractivity contribution is 5.65. The Morgan fingerprint density at radius 2 is 1.67 bits per heavy atom. The quantitative estimate of drug-likeness (QED) is 0.300. The second kappa shape index (κ2) is 11.4. The predicted molar refractivity (Wildman–Crippen MR) is 121 cm³/mol. The zero-order valence-electron chi connectivity index (χ0n) is 18.3. The maximum absolute atomic E-state index is 14.9. The van der Waals surface area contributed by atoms with Crippen molar-refractivity contribution in [2.45, 2.75) is 77.2 Å². The molecule has 0 unspecified atom stereocenters. The van der Waals surface area contributed by atoms with E-state index in [4.69, 9.17) is 4.74 Å². The van der Waals surface area contributed by atoms with Gasteiger partial charge in [-0.3, -0.25) is 0 Å². The Labute approximate surface area is 180 Å². The fraction of sp³-hybridized carbons (Fsp3) is 0.481. The molecule has 0 atom stereocenters. The summed E-state index contributed by atoms with van der Waals surface area (Å²) in [6.07, 6.45) is 12.4. The third-order valence-electron chi connectivity index (χ3n) is 6.15. The fourth-order valence-electron chi connectivity index (χ4n) is 4.31. The van der Waals surface area contributed by atoms with Gasteiger partial charge in [-0.15, -0.1) is 0 Å². The average molecular weight is 413 g/mol. The molecular weight excluding hydrogens is 378 g/mol. The van der Waals surface area contributed by atoms with Gasteiger partial charge in [-0.25, -0.2) is 8.78 Å². The first kappa shape index (κ1) is 22.7. The predicted octanol–water partition coefficient (Wildman–Crippen LogP) is 7.98. The van der Waals surface area contributed by atoms with E-state index in [1.165, 1.54) is 6.07 Å². The van der Waals surface area contributed by atoms with Gasteiger partial charge in [-0.2, -0.15) is 0 Å². The van der Waals surface area contributed by atoms with Crippen LogP contribution in [0, 0.1) is 11.6 Å². The van der Waals surface area contributed by atoms with Crippen molar-refractivity contribution in [1.82, 2.24) is 0 Å². The van der Waals surface area contributed by atoms with Crippen molar-refractivity contribution >= 4 is 0 Å². The van der Waals surface area contributed by atoms with Gasteiger partial charge in [0.25, 0.3) is 0 Å². The minimum absolute atomic E-state index is 0.335. The zero-order valence-corrected chi connectivity index (χ0v) is 18.3. The van der Waals surface area contributed by atoms with Gasteiger partial charge >= 0.3 is 0 Å². The Morgan fingerprint density at radius 1 is 0.967 bits per heavy atom. The van der Waals surface area contributed by atoms with Crippen molar-refractivity contribution in [3.63, 3.8) is 0 Å². The number of ether oxygens (including phenoxy) is 1. The standard InChI is InChI=1S/C27H34F2O/c1-3-5-7-8-20-9-15-24(26(28)18-20)25-16-12-22(19-27(25)29)21-10-13-23(14-11-21)30-17-6-4-2/h3,5,9,12,15-16,18-19,21,23H,4,6-8,10-11,13-14,17H2,1-2H3/b5-3+. The number of benzene rings is 2. The van der Waals surface area contributed by atoms with Crippen LogP contribution < -0.4 is 0 Å². The van der Waals surface area contributed by atoms with Gasteiger partial charge in [0.2, 0.25) is 0 Å². The van der Waals surface area contributed by atoms with Crippen LogP contribution in [-0.4, -0.2) is 12.7 Å². The molecule has 3 rings (SSSR count). The molecule has 0 aromatic heterocycles. The van der Waals surface area contributed by atoms with E-state index in [9.17, 15) is 8.78 Å². The molecule has 1 aliphatic carbocycles. The molecule has 0 amide bonds. The van der Waals surface area contributed by atoms with E-state index in [1.807, 2.05) is 25.1 Å². The number of aryl methyl sites for hydroxylation is 1. The summed E-state index contributed by atoms with van der Waals surface area (Å²) < 4.78 is 35.5. The molecule has 30 heavy (non-hydrogen) atoms. The topological polar surface area (TPSA) is 9.23 Å². The van der Waals surface area contributed by atoms with E-state index in [-0.39, 0.29) is 11.6 Å². The lowest BCUT2D eigenvalue weighted by molar-refractivity contribution is 0.0232. The van der Waals surface area contributed by atoms with Crippen molar-refractivity contribution in [2.24, 2.45) is 0 Å². The van der Waals surface area contributed by atoms with Gasteiger partial charge < -0.3 is 4.74 Å². The van der Waals surface area contributed by atoms with Gasteiger partial charge in [0.1, 0.15) is 11.6 Å². The second-order valence-corrected chi connectivity index (χ2v) is 8.36. The number of hydrogen-bond donors (Lipinski definition) is 0. The average Bonchev–Trinajstić information content (AvgIpc) is 2.75. The van der Waals surface area contributed by atoms with Crippen LogP contribution in [0.3, 0.4) is 0 Å². The monoisotopic (exact) mass is 412 g/mol. The fourth-order valence-corrected chi connectivity index (χ4v) is 4.31. The van der Waals surface area contributed by atoms with Gasteiger partial charge in [0, 0.05) is 17.7 Å². The summed E-state index contributed by atoms with van der Waals surface area (Å²) in [6.45, 7) is 4.99. The first-order chi connectivity index (χ1) is 14.6. The van der Waals surface area contributed by atoms with Crippen molar-refractivity contribution in [3.8, 4) is 11.1 Å². The molecular formula is C27H34F2O. The Balaban J connectivity index is 1.64. The summed E-state index contributed by atoms with van der Waals surface area (Å²) in [7, 11) is 0. The Kier molecular flexibility index (Phi) is 8.62. The van der Waals surface area contributed by atoms with Crippen LogP contribution in [0.25, 0.3) is 11.1 Å². The molecule has 1 nitrogen and oxygen atoms in total. The molecule has 1 saturated carbocycles. The SMILES string of the molecule is C/C=C/CCc1ccc(-c2ccc(C3CCC(OCCCC)CC3)cc2F)c(F)c1. The van der Waals surface area contributed by atoms with Gasteiger partial charge in [0.05, 0.1) is 6.10 Å². The largest absolute Gasteiger partial charge is 0.378 e. The van der Waals surface area contributed by atoms with E-state index in [0.29, 0.717) is 23.1 Å². The molecule has 0 N–H and O–H groups in total. The van der Waals surface area contributed by atoms with E-state index in [1.54, 1.807) is 18.2 Å². The molecule has 0 spiro atoms. The van der Waals surface area contributed by atoms with Crippen molar-refractivity contribution in [2.75, 3.05) is 6.61 Å². The molecule has 1 fully saturated rings. The number of rotatable bonds is 9. The number of hydrogen-bond acceptors (Lipinski definition) is 1. The Hall–Kier alpha value is -2.00. The highest BCUT2D eigenvalue weighted by Gasteiger charge is 2.23. The summed E-state index contributed by atoms with van der Waals surface area (Å²) in [5.41, 5.74) is 2.63. The van der Waals surface area contributed by atoms with Gasteiger partial charge in [-0.1, -0.05) is 49.8 Å². The first-order valence-electron chi connectivity index (χ1n) is 11.4. The maximum atomic E-state index is 14.9. The number of halogens is 2. The molecule has 0 bridgehead atoms. The molecule has 162 valence electrons. The normalized spacial score (nSPS) is 19.5. The van der Waals surface area contributed by atoms with Crippen LogP contribution in [0.2, 0.25) is 0 Å². The Morgan fingerprint density at radius 3 is 2.30 bits per heavy atom. The van der Waals surface area contributed by atoms with Crippen molar-refractivity contribution in [3.05, 3.63) is 71.3 Å². The Bertz CT molecular complexity index is 835. The molecule has 1 aliphatic rings. The highest BCUT2D eigenvalue weighted by Crippen LogP contribution is 2.36. The van der Waals surface area contributed by atoms with Crippen LogP contribution in [0.5, 0.6) is 0 Å². The highest BCUT2D eigenvalue weighted by atomic mass is 19.1. The van der Waals surface area contributed by atoms with Crippen molar-refractivity contribution < 1.29 is 13.5 Å². The van der Waals surface area contributed by atoms with Crippen LogP contribution in [0.4, 0.5) is 8.78 Å². The molecule has 0 saturated heterocycles. The van der Waals surface area contributed by atoms with Crippen LogP contribution in [-0.2, 0) is 11.2 Å². The lowest BCUT2D eigenvalue weighted by Gasteiger charge is -2.29. The minimum Gasteiger partial charge on any atom is -0.378 e. The lowest BCUT2D eigenvalue weighted by atomic mass is 9.82. The van der Waals surface area contributed by atoms with Gasteiger partial charge in [-0.05, 0) is 81.0 Å². The molecule has 3 heteroatoms. The third kappa shape index (κ3) is 6.01. The zero-order chi connectivity index (χ0) is 21.3. The summed E-state index contributed by atoms with van der Waals surface area (Å²) in [6, 6.07) is 10.5. The first-order valence-corrected chi connectivity index (χ1v) is 11.4. The third-order valence-corrected chi connectivity index (χ3v) is 6.15. The summed E-state index contributed by atoms with van der Waals surface area (Å²) in [5.74, 6) is -0.336. The summed E-state index contributed by atoms with van der Waals surface area (Å²) in [4.78, 5) is 0. The maximum Gasteiger partial charge on any atom is 0.131 e. The summed E-state index contributed by atoms with van der Waals surface area (Å²) in [5, 5.41) is 0. The molecule has 0 aliphatic heterocycles. The smallest absolute Gasteiger partial charge is 0.131 e. The molecule has 0 radical (unpaired) electrons. The number of allylic oxidation sites excluding steroid dienone is 2. The van der Waals surface area contributed by atoms with Crippen LogP contribution in [0.1, 0.15) is 75.8 Å². The molecule has 0 heterocycles. The van der Waals surface area contributed by atoms with Gasteiger partial charge in [0.15, 0.2) is 0 Å². The molecule has 2 aromatic rings. The van der Waals surface area contributed by atoms with E-state index in [2.05, 4.69) is 13.0 Å². The van der Waals surface area contributed by atoms with E-state index < -0.39 is 0 Å². The van der Waals surface area contributed by atoms with E-state index in [0.717, 1.165) is 69.1 Å². The van der Waals surface area contributed by atoms with Crippen LogP contribution >= 0.6 is 0 Å².